The second-order valence-corrected chi connectivity index (χ2v) is 6.00. The minimum absolute atomic E-state index is 0. The van der Waals surface area contributed by atoms with E-state index < -0.39 is 0 Å². The van der Waals surface area contributed by atoms with E-state index in [1.54, 1.807) is 0 Å². The molecule has 6 nitrogen and oxygen atoms in total. The number of nitrogens with zero attached hydrogens (tertiary/aromatic N) is 3. The van der Waals surface area contributed by atoms with Crippen LogP contribution in [-0.4, -0.2) is 54.3 Å². The number of rotatable bonds is 5. The zero-order chi connectivity index (χ0) is 16.4. The smallest absolute Gasteiger partial charge is 0.196 e. The van der Waals surface area contributed by atoms with Gasteiger partial charge in [-0.1, -0.05) is 19.1 Å². The van der Waals surface area contributed by atoms with Crippen molar-refractivity contribution in [1.29, 1.82) is 0 Å². The van der Waals surface area contributed by atoms with E-state index >= 15 is 0 Å². The number of furan rings is 1. The Balaban J connectivity index is 0.00000182. The van der Waals surface area contributed by atoms with Crippen molar-refractivity contribution < 1.29 is 21.6 Å². The highest BCUT2D eigenvalue weighted by atomic mass is 35.5. The normalized spacial score (nSPS) is 15.4. The minimum atomic E-state index is 0. The predicted octanol–water partition coefficient (Wildman–Crippen LogP) is -0.313. The van der Waals surface area contributed by atoms with Crippen LogP contribution < -0.4 is 17.7 Å². The van der Waals surface area contributed by atoms with Gasteiger partial charge >= 0.3 is 0 Å². The molecule has 0 atom stereocenters. The number of morpholine rings is 1. The first kappa shape index (κ1) is 17.9. The minimum Gasteiger partial charge on any atom is -1.00 e. The summed E-state index contributed by atoms with van der Waals surface area (Å²) in [5.74, 6) is 1.63. The van der Waals surface area contributed by atoms with E-state index in [1.807, 2.05) is 24.3 Å². The molecule has 0 radical (unpaired) electrons. The van der Waals surface area contributed by atoms with Gasteiger partial charge in [0.1, 0.15) is 16.9 Å². The van der Waals surface area contributed by atoms with Gasteiger partial charge in [0.15, 0.2) is 11.4 Å². The highest BCUT2D eigenvalue weighted by Gasteiger charge is 2.15. The van der Waals surface area contributed by atoms with Crippen molar-refractivity contribution in [2.24, 2.45) is 0 Å². The van der Waals surface area contributed by atoms with E-state index in [0.717, 1.165) is 79.5 Å². The molecule has 1 aliphatic rings. The highest BCUT2D eigenvalue weighted by molar-refractivity contribution is 6.05. The number of hydrogen-bond donors (Lipinski definition) is 1. The highest BCUT2D eigenvalue weighted by Crippen LogP contribution is 2.31. The average Bonchev–Trinajstić information content (AvgIpc) is 3.01. The Morgan fingerprint density at radius 1 is 1.16 bits per heavy atom. The molecule has 1 aliphatic heterocycles. The lowest BCUT2D eigenvalue weighted by Gasteiger charge is -2.26. The quantitative estimate of drug-likeness (QED) is 0.672. The van der Waals surface area contributed by atoms with Crippen molar-refractivity contribution in [3.63, 3.8) is 0 Å². The van der Waals surface area contributed by atoms with E-state index in [-0.39, 0.29) is 12.4 Å². The van der Waals surface area contributed by atoms with Crippen LogP contribution in [0.4, 0.5) is 5.82 Å². The van der Waals surface area contributed by atoms with Crippen molar-refractivity contribution in [3.05, 3.63) is 30.1 Å². The molecule has 0 spiro atoms. The number of nitrogens with one attached hydrogen (secondary N) is 1. The number of para-hydroxylation sites is 1. The van der Waals surface area contributed by atoms with Gasteiger partial charge in [0.2, 0.25) is 0 Å². The van der Waals surface area contributed by atoms with Gasteiger partial charge in [-0.15, -0.1) is 0 Å². The third kappa shape index (κ3) is 3.71. The summed E-state index contributed by atoms with van der Waals surface area (Å²) in [6, 6.07) is 8.01. The second kappa shape index (κ2) is 7.99. The molecule has 0 saturated carbocycles. The monoisotopic (exact) mass is 361 g/mol. The van der Waals surface area contributed by atoms with Crippen LogP contribution in [0.1, 0.15) is 12.7 Å². The SMILES string of the molecule is CCc1nc(NCCN2CCOCC2)c2oc3ccccc3c2n1.[Cl-]. The van der Waals surface area contributed by atoms with Crippen LogP contribution in [0.15, 0.2) is 28.7 Å². The maximum absolute atomic E-state index is 6.00. The van der Waals surface area contributed by atoms with Crippen molar-refractivity contribution in [3.8, 4) is 0 Å². The van der Waals surface area contributed by atoms with Crippen molar-refractivity contribution in [2.75, 3.05) is 44.7 Å². The topological polar surface area (TPSA) is 63.4 Å². The second-order valence-electron chi connectivity index (χ2n) is 6.00. The Kier molecular flexibility index (Phi) is 5.73. The number of anilines is 1. The fraction of sp³-hybridized carbons (Fsp3) is 0.444. The van der Waals surface area contributed by atoms with Gasteiger partial charge in [-0.3, -0.25) is 4.90 Å². The Bertz CT molecular complexity index is 846. The van der Waals surface area contributed by atoms with Gasteiger partial charge in [-0.2, -0.15) is 0 Å². The van der Waals surface area contributed by atoms with E-state index in [9.17, 15) is 0 Å². The summed E-state index contributed by atoms with van der Waals surface area (Å²) in [6.07, 6.45) is 0.799. The molecule has 0 unspecified atom stereocenters. The largest absolute Gasteiger partial charge is 1.00 e. The molecule has 0 bridgehead atoms. The van der Waals surface area contributed by atoms with Crippen LogP contribution in [0.5, 0.6) is 0 Å². The number of ether oxygens (including phenoxy) is 1. The molecule has 1 fully saturated rings. The zero-order valence-electron chi connectivity index (χ0n) is 14.3. The van der Waals surface area contributed by atoms with Crippen LogP contribution in [0.25, 0.3) is 22.1 Å². The molecule has 1 aromatic carbocycles. The lowest BCUT2D eigenvalue weighted by molar-refractivity contribution is -0.00000699. The molecule has 0 amide bonds. The van der Waals surface area contributed by atoms with Gasteiger partial charge in [0.05, 0.1) is 13.2 Å². The summed E-state index contributed by atoms with van der Waals surface area (Å²) in [7, 11) is 0. The molecular formula is C18H22ClN4O2-. The average molecular weight is 362 g/mol. The first-order chi connectivity index (χ1) is 11.8. The maximum Gasteiger partial charge on any atom is 0.196 e. The Hall–Kier alpha value is -1.89. The summed E-state index contributed by atoms with van der Waals surface area (Å²) in [6.45, 7) is 7.49. The predicted molar refractivity (Wildman–Crippen MR) is 94.4 cm³/mol. The Morgan fingerprint density at radius 2 is 1.96 bits per heavy atom. The zero-order valence-corrected chi connectivity index (χ0v) is 15.1. The Morgan fingerprint density at radius 3 is 2.76 bits per heavy atom. The third-order valence-electron chi connectivity index (χ3n) is 4.41. The molecule has 7 heteroatoms. The number of hydrogen-bond acceptors (Lipinski definition) is 6. The molecule has 0 aliphatic carbocycles. The summed E-state index contributed by atoms with van der Waals surface area (Å²) in [5, 5.41) is 4.49. The first-order valence-electron chi connectivity index (χ1n) is 8.57. The van der Waals surface area contributed by atoms with Crippen molar-refractivity contribution in [1.82, 2.24) is 14.9 Å². The lowest BCUT2D eigenvalue weighted by Crippen LogP contribution is -3.00. The van der Waals surface area contributed by atoms with Crippen LogP contribution in [0.3, 0.4) is 0 Å². The van der Waals surface area contributed by atoms with Gasteiger partial charge in [-0.25, -0.2) is 9.97 Å². The van der Waals surface area contributed by atoms with Gasteiger partial charge in [0.25, 0.3) is 0 Å². The standard InChI is InChI=1S/C18H22N4O2.ClH/c1-2-15-20-16-13-5-3-4-6-14(13)24-17(16)18(21-15)19-7-8-22-9-11-23-12-10-22;/h3-6H,2,7-12H2,1H3,(H,19,20,21);1H/p-1. The molecular weight excluding hydrogens is 340 g/mol. The van der Waals surface area contributed by atoms with Crippen LogP contribution in [-0.2, 0) is 11.2 Å². The number of aromatic nitrogens is 2. The summed E-state index contributed by atoms with van der Waals surface area (Å²) < 4.78 is 11.4. The van der Waals surface area contributed by atoms with Gasteiger partial charge < -0.3 is 26.9 Å². The number of halogens is 1. The number of fused-ring (bicyclic) bond motifs is 3. The molecule has 4 rings (SSSR count). The maximum atomic E-state index is 6.00. The first-order valence-corrected chi connectivity index (χ1v) is 8.57. The third-order valence-corrected chi connectivity index (χ3v) is 4.41. The molecule has 3 heterocycles. The summed E-state index contributed by atoms with van der Waals surface area (Å²) in [4.78, 5) is 11.7. The van der Waals surface area contributed by atoms with Gasteiger partial charge in [-0.05, 0) is 12.1 Å². The fourth-order valence-corrected chi connectivity index (χ4v) is 3.07. The van der Waals surface area contributed by atoms with E-state index in [1.165, 1.54) is 0 Å². The molecule has 25 heavy (non-hydrogen) atoms. The van der Waals surface area contributed by atoms with Crippen LogP contribution in [0.2, 0.25) is 0 Å². The fourth-order valence-electron chi connectivity index (χ4n) is 3.07. The van der Waals surface area contributed by atoms with E-state index in [2.05, 4.69) is 27.1 Å². The van der Waals surface area contributed by atoms with E-state index in [4.69, 9.17) is 9.15 Å². The van der Waals surface area contributed by atoms with Crippen LogP contribution in [0, 0.1) is 0 Å². The molecule has 2 aromatic heterocycles. The number of benzene rings is 1. The van der Waals surface area contributed by atoms with Crippen LogP contribution >= 0.6 is 0 Å². The Labute approximate surface area is 153 Å². The van der Waals surface area contributed by atoms with E-state index in [0.29, 0.717) is 0 Å². The summed E-state index contributed by atoms with van der Waals surface area (Å²) in [5.41, 5.74) is 2.49. The van der Waals surface area contributed by atoms with Crippen molar-refractivity contribution >= 4 is 27.9 Å². The summed E-state index contributed by atoms with van der Waals surface area (Å²) >= 11 is 0. The molecule has 1 saturated heterocycles. The van der Waals surface area contributed by atoms with Gasteiger partial charge in [0, 0.05) is 38.0 Å². The van der Waals surface area contributed by atoms with Crippen molar-refractivity contribution in [2.45, 2.75) is 13.3 Å². The lowest BCUT2D eigenvalue weighted by atomic mass is 10.2. The molecule has 3 aromatic rings. The molecule has 134 valence electrons. The number of aryl methyl sites for hydroxylation is 1. The molecule has 1 N–H and O–H groups in total.